The number of nitrogens with one attached hydrogen (secondary N) is 1. The van der Waals surface area contributed by atoms with Crippen molar-refractivity contribution in [2.45, 2.75) is 31.7 Å². The molecule has 0 aromatic carbocycles. The predicted molar refractivity (Wildman–Crippen MR) is 49.3 cm³/mol. The topological polar surface area (TPSA) is 72.2 Å². The highest BCUT2D eigenvalue weighted by Gasteiger charge is 2.15. The SMILES string of the molecule is NC1CCCNCC(=O)CCC1=O. The molecule has 13 heavy (non-hydrogen) atoms. The molecule has 1 aliphatic rings. The van der Waals surface area contributed by atoms with E-state index in [9.17, 15) is 9.59 Å². The Kier molecular flexibility index (Phi) is 4.05. The van der Waals surface area contributed by atoms with Gasteiger partial charge in [0.2, 0.25) is 0 Å². The molecule has 0 amide bonds. The second kappa shape index (κ2) is 5.09. The Balaban J connectivity index is 2.44. The number of hydrogen-bond acceptors (Lipinski definition) is 4. The lowest BCUT2D eigenvalue weighted by Gasteiger charge is -2.12. The highest BCUT2D eigenvalue weighted by Crippen LogP contribution is 2.02. The number of hydrogen-bond donors (Lipinski definition) is 2. The maximum atomic E-state index is 11.3. The van der Waals surface area contributed by atoms with Crippen LogP contribution in [0.15, 0.2) is 0 Å². The van der Waals surface area contributed by atoms with Crippen molar-refractivity contribution in [3.05, 3.63) is 0 Å². The molecule has 0 bridgehead atoms. The molecule has 1 aliphatic heterocycles. The average molecular weight is 184 g/mol. The quantitative estimate of drug-likeness (QED) is 0.538. The highest BCUT2D eigenvalue weighted by atomic mass is 16.1. The van der Waals surface area contributed by atoms with Crippen LogP contribution in [0.1, 0.15) is 25.7 Å². The summed E-state index contributed by atoms with van der Waals surface area (Å²) in [4.78, 5) is 22.4. The molecule has 1 saturated heterocycles. The Hall–Kier alpha value is -0.740. The third kappa shape index (κ3) is 3.65. The zero-order chi connectivity index (χ0) is 9.68. The summed E-state index contributed by atoms with van der Waals surface area (Å²) in [5, 5.41) is 3.02. The Morgan fingerprint density at radius 2 is 2.08 bits per heavy atom. The van der Waals surface area contributed by atoms with E-state index in [4.69, 9.17) is 5.73 Å². The van der Waals surface area contributed by atoms with Crippen LogP contribution in [0.25, 0.3) is 0 Å². The van der Waals surface area contributed by atoms with E-state index >= 15 is 0 Å². The molecular weight excluding hydrogens is 168 g/mol. The maximum absolute atomic E-state index is 11.3. The minimum Gasteiger partial charge on any atom is -0.322 e. The monoisotopic (exact) mass is 184 g/mol. The lowest BCUT2D eigenvalue weighted by molar-refractivity contribution is -0.124. The zero-order valence-corrected chi connectivity index (χ0v) is 7.71. The first kappa shape index (κ1) is 10.3. The third-order valence-electron chi connectivity index (χ3n) is 2.25. The Labute approximate surface area is 77.9 Å². The van der Waals surface area contributed by atoms with Crippen LogP contribution in [0, 0.1) is 0 Å². The Morgan fingerprint density at radius 1 is 1.31 bits per heavy atom. The summed E-state index contributed by atoms with van der Waals surface area (Å²) in [6.07, 6.45) is 2.22. The van der Waals surface area contributed by atoms with Crippen LogP contribution in [0.5, 0.6) is 0 Å². The fraction of sp³-hybridized carbons (Fsp3) is 0.778. The Morgan fingerprint density at radius 3 is 2.85 bits per heavy atom. The average Bonchev–Trinajstić information content (AvgIpc) is 2.12. The summed E-state index contributed by atoms with van der Waals surface area (Å²) in [7, 11) is 0. The first-order chi connectivity index (χ1) is 6.20. The van der Waals surface area contributed by atoms with E-state index < -0.39 is 0 Å². The van der Waals surface area contributed by atoms with Gasteiger partial charge in [-0.25, -0.2) is 0 Å². The predicted octanol–water partition coefficient (Wildman–Crippen LogP) is -0.385. The van der Waals surface area contributed by atoms with Gasteiger partial charge in [0.1, 0.15) is 11.6 Å². The van der Waals surface area contributed by atoms with Gasteiger partial charge < -0.3 is 11.1 Å². The van der Waals surface area contributed by atoms with E-state index in [0.717, 1.165) is 19.4 Å². The summed E-state index contributed by atoms with van der Waals surface area (Å²) in [5.41, 5.74) is 5.62. The minimum atomic E-state index is -0.368. The molecule has 4 nitrogen and oxygen atoms in total. The first-order valence-electron chi connectivity index (χ1n) is 4.71. The summed E-state index contributed by atoms with van der Waals surface area (Å²) in [6, 6.07) is -0.368. The number of ketones is 2. The lowest BCUT2D eigenvalue weighted by Crippen LogP contribution is -2.34. The molecule has 1 atom stereocenters. The number of carbonyl (C=O) groups is 2. The summed E-state index contributed by atoms with van der Waals surface area (Å²) in [5.74, 6) is 0.123. The van der Waals surface area contributed by atoms with Crippen LogP contribution < -0.4 is 11.1 Å². The van der Waals surface area contributed by atoms with Crippen LogP contribution in [0.3, 0.4) is 0 Å². The number of rotatable bonds is 0. The lowest BCUT2D eigenvalue weighted by atomic mass is 10.0. The minimum absolute atomic E-state index is 0.0234. The van der Waals surface area contributed by atoms with Crippen LogP contribution in [0.2, 0.25) is 0 Å². The van der Waals surface area contributed by atoms with E-state index in [-0.39, 0.29) is 17.6 Å². The van der Waals surface area contributed by atoms with Gasteiger partial charge in [0.25, 0.3) is 0 Å². The molecule has 74 valence electrons. The fourth-order valence-electron chi connectivity index (χ4n) is 1.37. The van der Waals surface area contributed by atoms with E-state index in [1.54, 1.807) is 0 Å². The molecule has 1 rings (SSSR count). The van der Waals surface area contributed by atoms with Gasteiger partial charge in [-0.05, 0) is 19.4 Å². The molecular formula is C9H16N2O2. The maximum Gasteiger partial charge on any atom is 0.149 e. The van der Waals surface area contributed by atoms with Crippen LogP contribution >= 0.6 is 0 Å². The fourth-order valence-corrected chi connectivity index (χ4v) is 1.37. The molecule has 1 fully saturated rings. The second-order valence-electron chi connectivity index (χ2n) is 3.43. The normalized spacial score (nSPS) is 27.3. The smallest absolute Gasteiger partial charge is 0.149 e. The van der Waals surface area contributed by atoms with Gasteiger partial charge >= 0.3 is 0 Å². The van der Waals surface area contributed by atoms with E-state index in [1.165, 1.54) is 0 Å². The van der Waals surface area contributed by atoms with Crippen molar-refractivity contribution in [1.29, 1.82) is 0 Å². The van der Waals surface area contributed by atoms with Crippen molar-refractivity contribution in [2.75, 3.05) is 13.1 Å². The van der Waals surface area contributed by atoms with Crippen molar-refractivity contribution in [3.8, 4) is 0 Å². The number of nitrogens with two attached hydrogens (primary N) is 1. The molecule has 0 aliphatic carbocycles. The zero-order valence-electron chi connectivity index (χ0n) is 7.71. The van der Waals surface area contributed by atoms with Crippen molar-refractivity contribution in [2.24, 2.45) is 5.73 Å². The van der Waals surface area contributed by atoms with Crippen molar-refractivity contribution >= 4 is 11.6 Å². The largest absolute Gasteiger partial charge is 0.322 e. The number of carbonyl (C=O) groups excluding carboxylic acids is 2. The summed E-state index contributed by atoms with van der Waals surface area (Å²) in [6.45, 7) is 1.16. The van der Waals surface area contributed by atoms with E-state index in [2.05, 4.69) is 5.32 Å². The van der Waals surface area contributed by atoms with Crippen molar-refractivity contribution in [3.63, 3.8) is 0 Å². The van der Waals surface area contributed by atoms with Crippen molar-refractivity contribution < 1.29 is 9.59 Å². The standard InChI is InChI=1S/C9H16N2O2/c10-8-2-1-5-11-6-7(12)3-4-9(8)13/h8,11H,1-6,10H2. The third-order valence-corrected chi connectivity index (χ3v) is 2.25. The van der Waals surface area contributed by atoms with E-state index in [1.807, 2.05) is 0 Å². The molecule has 0 radical (unpaired) electrons. The molecule has 0 aromatic heterocycles. The van der Waals surface area contributed by atoms with E-state index in [0.29, 0.717) is 19.4 Å². The second-order valence-corrected chi connectivity index (χ2v) is 3.43. The first-order valence-corrected chi connectivity index (χ1v) is 4.71. The van der Waals surface area contributed by atoms with Crippen LogP contribution in [-0.2, 0) is 9.59 Å². The molecule has 0 saturated carbocycles. The molecule has 1 unspecified atom stereocenters. The van der Waals surface area contributed by atoms with Crippen LogP contribution in [0.4, 0.5) is 0 Å². The van der Waals surface area contributed by atoms with Crippen molar-refractivity contribution in [1.82, 2.24) is 5.32 Å². The molecule has 0 aromatic rings. The van der Waals surface area contributed by atoms with Gasteiger partial charge in [0.15, 0.2) is 0 Å². The van der Waals surface area contributed by atoms with Gasteiger partial charge in [-0.1, -0.05) is 0 Å². The van der Waals surface area contributed by atoms with Gasteiger partial charge in [-0.2, -0.15) is 0 Å². The van der Waals surface area contributed by atoms with Crippen LogP contribution in [-0.4, -0.2) is 30.7 Å². The number of Topliss-reactive ketones (excluding diaryl/α,β-unsaturated/α-hetero) is 2. The Bertz CT molecular complexity index is 204. The molecule has 3 N–H and O–H groups in total. The van der Waals surface area contributed by atoms with Gasteiger partial charge in [-0.3, -0.25) is 9.59 Å². The molecule has 0 spiro atoms. The van der Waals surface area contributed by atoms with Gasteiger partial charge in [0.05, 0.1) is 12.6 Å². The molecule has 4 heteroatoms. The summed E-state index contributed by atoms with van der Waals surface area (Å²) < 4.78 is 0. The highest BCUT2D eigenvalue weighted by molar-refractivity contribution is 5.89. The van der Waals surface area contributed by atoms with Gasteiger partial charge in [-0.15, -0.1) is 0 Å². The molecule has 1 heterocycles. The van der Waals surface area contributed by atoms with Gasteiger partial charge in [0, 0.05) is 12.8 Å². The summed E-state index contributed by atoms with van der Waals surface area (Å²) >= 11 is 0.